The molecule has 0 fully saturated rings. The summed E-state index contributed by atoms with van der Waals surface area (Å²) in [6.07, 6.45) is 3.73. The lowest BCUT2D eigenvalue weighted by Gasteiger charge is -2.14. The van der Waals surface area contributed by atoms with Crippen LogP contribution < -0.4 is 11.1 Å². The minimum atomic E-state index is -0.498. The first kappa shape index (κ1) is 21.8. The van der Waals surface area contributed by atoms with Crippen LogP contribution in [0.15, 0.2) is 54.2 Å². The lowest BCUT2D eigenvalue weighted by atomic mass is 10.1. The smallest absolute Gasteiger partial charge is 0.165 e. The van der Waals surface area contributed by atoms with Crippen LogP contribution in [-0.2, 0) is 6.42 Å². The molecule has 0 bridgehead atoms. The van der Waals surface area contributed by atoms with Crippen molar-refractivity contribution in [2.45, 2.75) is 18.9 Å². The predicted octanol–water partition coefficient (Wildman–Crippen LogP) is 3.61. The average Bonchev–Trinajstić information content (AvgIpc) is 3.22. The number of fused-ring (bicyclic) bond motifs is 1. The maximum Gasteiger partial charge on any atom is 0.165 e. The van der Waals surface area contributed by atoms with Gasteiger partial charge in [0.2, 0.25) is 0 Å². The van der Waals surface area contributed by atoms with Gasteiger partial charge >= 0.3 is 0 Å². The molecular weight excluding hydrogens is 425 g/mol. The fourth-order valence-corrected chi connectivity index (χ4v) is 4.14. The number of hydrogen-bond acceptors (Lipinski definition) is 7. The monoisotopic (exact) mass is 447 g/mol. The molecule has 162 valence electrons. The maximum absolute atomic E-state index is 14.4. The molecule has 0 radical (unpaired) electrons. The summed E-state index contributed by atoms with van der Waals surface area (Å²) in [6, 6.07) is 11.5. The zero-order chi connectivity index (χ0) is 22.3. The van der Waals surface area contributed by atoms with Gasteiger partial charge in [-0.05, 0) is 18.1 Å². The molecule has 0 aliphatic heterocycles. The standard InChI is InChI=1S/C24H22FN5OS/c25-20-14-27-10-9-19(20)23-29-21-17(8-4-5-11-31)15-32-22(21)24(30-23)28-13-18(26)12-16-6-2-1-3-7-16/h1-3,6-7,9-10,14-15,18,31H,5,11-13,26H2,(H,28,29,30)/t18-/m0/s1. The van der Waals surface area contributed by atoms with E-state index >= 15 is 0 Å². The van der Waals surface area contributed by atoms with Crippen molar-refractivity contribution in [1.29, 1.82) is 0 Å². The van der Waals surface area contributed by atoms with Gasteiger partial charge in [0, 0.05) is 30.6 Å². The molecule has 0 aliphatic carbocycles. The Morgan fingerprint density at radius 1 is 1.19 bits per heavy atom. The van der Waals surface area contributed by atoms with Crippen LogP contribution in [0.5, 0.6) is 0 Å². The molecule has 0 saturated carbocycles. The zero-order valence-electron chi connectivity index (χ0n) is 17.3. The molecule has 4 rings (SSSR count). The van der Waals surface area contributed by atoms with E-state index in [-0.39, 0.29) is 24.0 Å². The van der Waals surface area contributed by atoms with Gasteiger partial charge in [0.05, 0.1) is 28.6 Å². The highest BCUT2D eigenvalue weighted by Crippen LogP contribution is 2.32. The molecule has 3 heterocycles. The molecule has 0 aliphatic rings. The molecule has 0 unspecified atom stereocenters. The number of aliphatic hydroxyl groups is 1. The summed E-state index contributed by atoms with van der Waals surface area (Å²) in [5, 5.41) is 14.2. The van der Waals surface area contributed by atoms with Gasteiger partial charge in [-0.25, -0.2) is 14.4 Å². The van der Waals surface area contributed by atoms with Gasteiger partial charge in [0.15, 0.2) is 11.6 Å². The van der Waals surface area contributed by atoms with E-state index in [1.165, 1.54) is 17.5 Å². The van der Waals surface area contributed by atoms with Gasteiger partial charge in [-0.15, -0.1) is 11.3 Å². The highest BCUT2D eigenvalue weighted by Gasteiger charge is 2.17. The Labute approximate surface area is 189 Å². The summed E-state index contributed by atoms with van der Waals surface area (Å²) in [6.45, 7) is 0.479. The zero-order valence-corrected chi connectivity index (χ0v) is 18.1. The van der Waals surface area contributed by atoms with E-state index in [0.717, 1.165) is 22.9 Å². The number of aliphatic hydroxyl groups excluding tert-OH is 1. The number of pyridine rings is 1. The van der Waals surface area contributed by atoms with Gasteiger partial charge in [-0.2, -0.15) is 0 Å². The van der Waals surface area contributed by atoms with Crippen LogP contribution in [-0.4, -0.2) is 39.3 Å². The summed E-state index contributed by atoms with van der Waals surface area (Å²) in [4.78, 5) is 13.0. The number of halogens is 1. The molecule has 32 heavy (non-hydrogen) atoms. The van der Waals surface area contributed by atoms with Crippen molar-refractivity contribution in [3.05, 3.63) is 71.1 Å². The van der Waals surface area contributed by atoms with Crippen molar-refractivity contribution in [1.82, 2.24) is 15.0 Å². The van der Waals surface area contributed by atoms with Gasteiger partial charge < -0.3 is 16.2 Å². The van der Waals surface area contributed by atoms with Gasteiger partial charge in [0.1, 0.15) is 11.3 Å². The van der Waals surface area contributed by atoms with Crippen molar-refractivity contribution in [3.63, 3.8) is 0 Å². The summed E-state index contributed by atoms with van der Waals surface area (Å²) in [5.41, 5.74) is 9.12. The Balaban J connectivity index is 1.67. The lowest BCUT2D eigenvalue weighted by Crippen LogP contribution is -2.31. The van der Waals surface area contributed by atoms with Crippen LogP contribution in [0.25, 0.3) is 21.6 Å². The molecule has 4 N–H and O–H groups in total. The van der Waals surface area contributed by atoms with E-state index < -0.39 is 5.82 Å². The Kier molecular flexibility index (Phi) is 7.02. The quantitative estimate of drug-likeness (QED) is 0.375. The van der Waals surface area contributed by atoms with Crippen LogP contribution in [0.1, 0.15) is 17.5 Å². The fourth-order valence-electron chi connectivity index (χ4n) is 3.23. The maximum atomic E-state index is 14.4. The molecular formula is C24H22FN5OS. The molecule has 1 atom stereocenters. The van der Waals surface area contributed by atoms with E-state index in [1.807, 2.05) is 35.7 Å². The number of thiophene rings is 1. The third kappa shape index (κ3) is 5.08. The van der Waals surface area contributed by atoms with Crippen molar-refractivity contribution in [3.8, 4) is 23.2 Å². The number of benzene rings is 1. The van der Waals surface area contributed by atoms with E-state index in [9.17, 15) is 4.39 Å². The molecule has 1 aromatic carbocycles. The number of anilines is 1. The predicted molar refractivity (Wildman–Crippen MR) is 126 cm³/mol. The first-order valence-corrected chi connectivity index (χ1v) is 11.1. The molecule has 6 nitrogen and oxygen atoms in total. The lowest BCUT2D eigenvalue weighted by molar-refractivity contribution is 0.305. The van der Waals surface area contributed by atoms with E-state index in [1.54, 1.807) is 6.07 Å². The molecule has 0 spiro atoms. The molecule has 0 amide bonds. The Morgan fingerprint density at radius 3 is 2.81 bits per heavy atom. The highest BCUT2D eigenvalue weighted by molar-refractivity contribution is 7.18. The topological polar surface area (TPSA) is 97.0 Å². The molecule has 0 saturated heterocycles. The van der Waals surface area contributed by atoms with Crippen molar-refractivity contribution >= 4 is 27.4 Å². The Morgan fingerprint density at radius 2 is 2.03 bits per heavy atom. The van der Waals surface area contributed by atoms with Crippen molar-refractivity contribution < 1.29 is 9.50 Å². The largest absolute Gasteiger partial charge is 0.395 e. The van der Waals surface area contributed by atoms with Crippen LogP contribution in [0.4, 0.5) is 10.2 Å². The number of rotatable bonds is 7. The first-order chi connectivity index (χ1) is 15.7. The summed E-state index contributed by atoms with van der Waals surface area (Å²) >= 11 is 1.46. The molecule has 8 heteroatoms. The second-order valence-electron chi connectivity index (χ2n) is 7.18. The number of aromatic nitrogens is 3. The van der Waals surface area contributed by atoms with Crippen LogP contribution in [0, 0.1) is 17.7 Å². The Hall–Kier alpha value is -3.38. The number of nitrogens with zero attached hydrogens (tertiary/aromatic N) is 3. The van der Waals surface area contributed by atoms with E-state index in [2.05, 4.69) is 32.1 Å². The second-order valence-corrected chi connectivity index (χ2v) is 8.06. The third-order valence-corrected chi connectivity index (χ3v) is 5.74. The van der Waals surface area contributed by atoms with E-state index in [0.29, 0.717) is 29.9 Å². The number of nitrogens with two attached hydrogens (primary N) is 1. The third-order valence-electron chi connectivity index (χ3n) is 4.76. The van der Waals surface area contributed by atoms with Crippen molar-refractivity contribution in [2.75, 3.05) is 18.5 Å². The number of hydrogen-bond donors (Lipinski definition) is 3. The SMILES string of the molecule is N[C@H](CNc1nc(-c2ccncc2F)nc2c(C#CCCO)csc12)Cc1ccccc1. The fraction of sp³-hybridized carbons (Fsp3) is 0.208. The van der Waals surface area contributed by atoms with Crippen LogP contribution >= 0.6 is 11.3 Å². The second kappa shape index (κ2) is 10.3. The van der Waals surface area contributed by atoms with E-state index in [4.69, 9.17) is 10.8 Å². The number of nitrogens with one attached hydrogen (secondary N) is 1. The molecule has 4 aromatic rings. The van der Waals surface area contributed by atoms with Gasteiger partial charge in [0.25, 0.3) is 0 Å². The average molecular weight is 448 g/mol. The highest BCUT2D eigenvalue weighted by atomic mass is 32.1. The first-order valence-electron chi connectivity index (χ1n) is 10.2. The summed E-state index contributed by atoms with van der Waals surface area (Å²) < 4.78 is 15.2. The van der Waals surface area contributed by atoms with Gasteiger partial charge in [-0.3, -0.25) is 4.98 Å². The summed E-state index contributed by atoms with van der Waals surface area (Å²) in [7, 11) is 0. The van der Waals surface area contributed by atoms with Crippen LogP contribution in [0.2, 0.25) is 0 Å². The van der Waals surface area contributed by atoms with Crippen LogP contribution in [0.3, 0.4) is 0 Å². The Bertz CT molecular complexity index is 1270. The van der Waals surface area contributed by atoms with Crippen molar-refractivity contribution in [2.24, 2.45) is 5.73 Å². The normalized spacial score (nSPS) is 11.7. The van der Waals surface area contributed by atoms with Gasteiger partial charge in [-0.1, -0.05) is 42.2 Å². The minimum absolute atomic E-state index is 0.0103. The summed E-state index contributed by atoms with van der Waals surface area (Å²) in [5.74, 6) is 6.30. The molecule has 3 aromatic heterocycles. The minimum Gasteiger partial charge on any atom is -0.395 e.